The number of hydrogen-bond donors (Lipinski definition) is 2. The molecule has 0 spiro atoms. The summed E-state index contributed by atoms with van der Waals surface area (Å²) in [6, 6.07) is 5.11. The van der Waals surface area contributed by atoms with E-state index in [4.69, 9.17) is 17.3 Å². The first-order chi connectivity index (χ1) is 11.8. The standard InChI is InChI=1S/C16H15FN2O4S2/c1-9(14(22)18-7-6-13(20)21)19-15(23)12(25-16(19)24)8-10-4-2-3-5-11(10)17/h2-5,8-9H,6-7H2,1H3,(H,18,22)(H,20,21)/b12-8-. The van der Waals surface area contributed by atoms with Gasteiger partial charge >= 0.3 is 5.97 Å². The highest BCUT2D eigenvalue weighted by molar-refractivity contribution is 8.26. The first kappa shape index (κ1) is 19.1. The minimum atomic E-state index is -1.04. The molecular weight excluding hydrogens is 367 g/mol. The van der Waals surface area contributed by atoms with E-state index in [1.807, 2.05) is 0 Å². The summed E-state index contributed by atoms with van der Waals surface area (Å²) in [4.78, 5) is 36.4. The summed E-state index contributed by atoms with van der Waals surface area (Å²) in [5.74, 6) is -2.50. The number of carboxylic acids is 1. The number of hydrogen-bond acceptors (Lipinski definition) is 5. The fourth-order valence-corrected chi connectivity index (χ4v) is 3.51. The molecule has 2 rings (SSSR count). The highest BCUT2D eigenvalue weighted by Crippen LogP contribution is 2.34. The molecule has 1 aromatic rings. The lowest BCUT2D eigenvalue weighted by atomic mass is 10.2. The minimum Gasteiger partial charge on any atom is -0.481 e. The van der Waals surface area contributed by atoms with Crippen molar-refractivity contribution in [2.24, 2.45) is 0 Å². The van der Waals surface area contributed by atoms with Crippen molar-refractivity contribution in [3.8, 4) is 0 Å². The number of halogens is 1. The molecule has 0 aromatic heterocycles. The Balaban J connectivity index is 2.11. The van der Waals surface area contributed by atoms with E-state index in [2.05, 4.69) is 5.32 Å². The Morgan fingerprint density at radius 3 is 2.76 bits per heavy atom. The summed E-state index contributed by atoms with van der Waals surface area (Å²) in [5, 5.41) is 11.0. The van der Waals surface area contributed by atoms with Gasteiger partial charge in [-0.15, -0.1) is 0 Å². The van der Waals surface area contributed by atoms with Gasteiger partial charge in [-0.1, -0.05) is 42.2 Å². The van der Waals surface area contributed by atoms with Crippen molar-refractivity contribution in [2.45, 2.75) is 19.4 Å². The molecule has 132 valence electrons. The van der Waals surface area contributed by atoms with Gasteiger partial charge in [0.15, 0.2) is 0 Å². The first-order valence-corrected chi connectivity index (χ1v) is 8.55. The second-order valence-corrected chi connectivity index (χ2v) is 6.86. The van der Waals surface area contributed by atoms with E-state index in [1.165, 1.54) is 25.1 Å². The van der Waals surface area contributed by atoms with Crippen molar-refractivity contribution in [2.75, 3.05) is 6.54 Å². The molecule has 1 saturated heterocycles. The number of carbonyl (C=O) groups is 3. The third kappa shape index (κ3) is 4.64. The molecule has 6 nitrogen and oxygen atoms in total. The van der Waals surface area contributed by atoms with Crippen molar-refractivity contribution < 1.29 is 23.9 Å². The van der Waals surface area contributed by atoms with E-state index in [1.54, 1.807) is 12.1 Å². The van der Waals surface area contributed by atoms with Crippen molar-refractivity contribution in [3.63, 3.8) is 0 Å². The van der Waals surface area contributed by atoms with Gasteiger partial charge in [0.2, 0.25) is 5.91 Å². The second kappa shape index (κ2) is 8.21. The number of nitrogens with one attached hydrogen (secondary N) is 1. The number of benzene rings is 1. The van der Waals surface area contributed by atoms with Crippen LogP contribution in [-0.4, -0.2) is 44.7 Å². The van der Waals surface area contributed by atoms with Crippen LogP contribution in [0.1, 0.15) is 18.9 Å². The maximum Gasteiger partial charge on any atom is 0.305 e. The lowest BCUT2D eigenvalue weighted by molar-refractivity contribution is -0.137. The molecular formula is C16H15FN2O4S2. The van der Waals surface area contributed by atoms with Crippen molar-refractivity contribution in [3.05, 3.63) is 40.6 Å². The van der Waals surface area contributed by atoms with Crippen LogP contribution < -0.4 is 5.32 Å². The topological polar surface area (TPSA) is 86.7 Å². The Morgan fingerprint density at radius 2 is 2.12 bits per heavy atom. The third-order valence-corrected chi connectivity index (χ3v) is 4.75. The predicted molar refractivity (Wildman–Crippen MR) is 96.1 cm³/mol. The van der Waals surface area contributed by atoms with Gasteiger partial charge < -0.3 is 10.4 Å². The van der Waals surface area contributed by atoms with Crippen LogP contribution in [0.15, 0.2) is 29.2 Å². The van der Waals surface area contributed by atoms with Crippen LogP contribution in [0.3, 0.4) is 0 Å². The van der Waals surface area contributed by atoms with Gasteiger partial charge in [0.05, 0.1) is 11.3 Å². The summed E-state index contributed by atoms with van der Waals surface area (Å²) >= 11 is 6.14. The largest absolute Gasteiger partial charge is 0.481 e. The van der Waals surface area contributed by atoms with Crippen LogP contribution in [0.5, 0.6) is 0 Å². The number of carbonyl (C=O) groups excluding carboxylic acids is 2. The number of thioether (sulfide) groups is 1. The predicted octanol–water partition coefficient (Wildman–Crippen LogP) is 2.01. The first-order valence-electron chi connectivity index (χ1n) is 7.32. The lowest BCUT2D eigenvalue weighted by Gasteiger charge is -2.22. The van der Waals surface area contributed by atoms with Gasteiger partial charge in [-0.2, -0.15) is 0 Å². The molecule has 2 N–H and O–H groups in total. The average Bonchev–Trinajstić information content (AvgIpc) is 2.82. The number of amides is 2. The number of thiocarbonyl (C=S) groups is 1. The van der Waals surface area contributed by atoms with E-state index in [9.17, 15) is 18.8 Å². The Hall–Kier alpha value is -2.26. The van der Waals surface area contributed by atoms with Crippen LogP contribution in [-0.2, 0) is 14.4 Å². The molecule has 0 radical (unpaired) electrons. The molecule has 1 aromatic carbocycles. The van der Waals surface area contributed by atoms with Crippen LogP contribution in [0.25, 0.3) is 6.08 Å². The lowest BCUT2D eigenvalue weighted by Crippen LogP contribution is -2.47. The Kier molecular flexibility index (Phi) is 6.27. The Morgan fingerprint density at radius 1 is 1.44 bits per heavy atom. The third-order valence-electron chi connectivity index (χ3n) is 3.42. The van der Waals surface area contributed by atoms with Crippen molar-refractivity contribution in [1.29, 1.82) is 0 Å². The molecule has 1 fully saturated rings. The van der Waals surface area contributed by atoms with Gasteiger partial charge in [0.1, 0.15) is 16.2 Å². The smallest absolute Gasteiger partial charge is 0.305 e. The van der Waals surface area contributed by atoms with E-state index < -0.39 is 29.6 Å². The number of nitrogens with zero attached hydrogens (tertiary/aromatic N) is 1. The monoisotopic (exact) mass is 382 g/mol. The van der Waals surface area contributed by atoms with Gasteiger partial charge in [-0.3, -0.25) is 19.3 Å². The molecule has 0 bridgehead atoms. The summed E-state index contributed by atoms with van der Waals surface area (Å²) in [7, 11) is 0. The molecule has 0 saturated carbocycles. The molecule has 1 atom stereocenters. The Bertz CT molecular complexity index is 766. The molecule has 1 aliphatic rings. The van der Waals surface area contributed by atoms with Crippen LogP contribution >= 0.6 is 24.0 Å². The van der Waals surface area contributed by atoms with E-state index >= 15 is 0 Å². The summed E-state index contributed by atoms with van der Waals surface area (Å²) < 4.78 is 13.9. The highest BCUT2D eigenvalue weighted by atomic mass is 32.2. The van der Waals surface area contributed by atoms with E-state index in [-0.39, 0.29) is 27.8 Å². The van der Waals surface area contributed by atoms with Crippen molar-refractivity contribution in [1.82, 2.24) is 10.2 Å². The van der Waals surface area contributed by atoms with Gasteiger partial charge in [0.25, 0.3) is 5.91 Å². The molecule has 1 heterocycles. The van der Waals surface area contributed by atoms with Gasteiger partial charge in [0, 0.05) is 12.1 Å². The van der Waals surface area contributed by atoms with Gasteiger partial charge in [-0.05, 0) is 19.1 Å². The van der Waals surface area contributed by atoms with Crippen molar-refractivity contribution >= 4 is 52.2 Å². The zero-order chi connectivity index (χ0) is 18.6. The minimum absolute atomic E-state index is 0.0433. The van der Waals surface area contributed by atoms with Crippen LogP contribution in [0.4, 0.5) is 4.39 Å². The maximum absolute atomic E-state index is 13.7. The fraction of sp³-hybridized carbons (Fsp3) is 0.250. The highest BCUT2D eigenvalue weighted by Gasteiger charge is 2.38. The second-order valence-electron chi connectivity index (χ2n) is 5.18. The zero-order valence-corrected chi connectivity index (χ0v) is 14.8. The van der Waals surface area contributed by atoms with Crippen LogP contribution in [0, 0.1) is 5.82 Å². The van der Waals surface area contributed by atoms with E-state index in [0.29, 0.717) is 0 Å². The molecule has 25 heavy (non-hydrogen) atoms. The summed E-state index contributed by atoms with van der Waals surface area (Å²) in [5.41, 5.74) is 0.251. The number of aliphatic carboxylic acids is 1. The molecule has 0 aliphatic carbocycles. The molecule has 9 heteroatoms. The SMILES string of the molecule is CC(C(=O)NCCC(=O)O)N1C(=O)/C(=C/c2ccccc2F)SC1=S. The molecule has 1 unspecified atom stereocenters. The van der Waals surface area contributed by atoms with Crippen LogP contribution in [0.2, 0.25) is 0 Å². The normalized spacial score (nSPS) is 17.0. The van der Waals surface area contributed by atoms with Gasteiger partial charge in [-0.25, -0.2) is 4.39 Å². The van der Waals surface area contributed by atoms with E-state index in [0.717, 1.165) is 16.7 Å². The molecule has 2 amide bonds. The fourth-order valence-electron chi connectivity index (χ4n) is 2.10. The summed E-state index contributed by atoms with van der Waals surface area (Å²) in [6.45, 7) is 1.45. The average molecular weight is 382 g/mol. The maximum atomic E-state index is 13.7. The number of rotatable bonds is 6. The zero-order valence-electron chi connectivity index (χ0n) is 13.2. The Labute approximate surface area is 153 Å². The summed E-state index contributed by atoms with van der Waals surface area (Å²) in [6.07, 6.45) is 1.17. The molecule has 1 aliphatic heterocycles. The quantitative estimate of drug-likeness (QED) is 0.578. The number of carboxylic acid groups (broad SMARTS) is 1.